The summed E-state index contributed by atoms with van der Waals surface area (Å²) in [6.45, 7) is 1.51. The minimum absolute atomic E-state index is 0.266. The Morgan fingerprint density at radius 3 is 2.67 bits per heavy atom. The van der Waals surface area contributed by atoms with E-state index in [1.165, 1.54) is 12.2 Å². The van der Waals surface area contributed by atoms with Crippen molar-refractivity contribution in [2.45, 2.75) is 6.92 Å². The van der Waals surface area contributed by atoms with Crippen LogP contribution in [0.3, 0.4) is 0 Å². The third kappa shape index (κ3) is 4.43. The molecule has 0 radical (unpaired) electrons. The summed E-state index contributed by atoms with van der Waals surface area (Å²) in [5.74, 6) is 0.455. The number of ether oxygens (including phenoxy) is 1. The lowest BCUT2D eigenvalue weighted by Crippen LogP contribution is -2.12. The molecule has 0 fully saturated rings. The van der Waals surface area contributed by atoms with Crippen LogP contribution in [0.5, 0.6) is 0 Å². The Hall–Kier alpha value is -2.14. The van der Waals surface area contributed by atoms with E-state index in [4.69, 9.17) is 9.15 Å². The van der Waals surface area contributed by atoms with Crippen molar-refractivity contribution in [1.82, 2.24) is 0 Å². The van der Waals surface area contributed by atoms with Crippen molar-refractivity contribution in [3.05, 3.63) is 64.0 Å². The van der Waals surface area contributed by atoms with Gasteiger partial charge in [0.15, 0.2) is 6.61 Å². The predicted octanol–water partition coefficient (Wildman–Crippen LogP) is 3.79. The number of rotatable bonds is 5. The molecule has 0 aliphatic carbocycles. The molecule has 4 nitrogen and oxygen atoms in total. The van der Waals surface area contributed by atoms with E-state index in [9.17, 15) is 9.59 Å². The summed E-state index contributed by atoms with van der Waals surface area (Å²) in [7, 11) is 0. The summed E-state index contributed by atoms with van der Waals surface area (Å²) in [5.41, 5.74) is 0.482. The van der Waals surface area contributed by atoms with Crippen LogP contribution in [0, 0.1) is 6.92 Å². The topological polar surface area (TPSA) is 56.5 Å². The lowest BCUT2D eigenvalue weighted by molar-refractivity contribution is -0.136. The summed E-state index contributed by atoms with van der Waals surface area (Å²) in [4.78, 5) is 23.4. The van der Waals surface area contributed by atoms with E-state index in [0.29, 0.717) is 15.8 Å². The summed E-state index contributed by atoms with van der Waals surface area (Å²) in [6.07, 6.45) is 2.73. The number of esters is 1. The van der Waals surface area contributed by atoms with Crippen molar-refractivity contribution < 1.29 is 18.7 Å². The maximum absolute atomic E-state index is 11.9. The Kier molecular flexibility index (Phi) is 5.11. The molecular weight excluding hydrogens is 336 g/mol. The molecule has 1 aromatic carbocycles. The number of furan rings is 1. The van der Waals surface area contributed by atoms with Gasteiger partial charge in [-0.05, 0) is 31.2 Å². The van der Waals surface area contributed by atoms with E-state index in [1.807, 2.05) is 6.92 Å². The van der Waals surface area contributed by atoms with Gasteiger partial charge in [-0.15, -0.1) is 0 Å². The van der Waals surface area contributed by atoms with Gasteiger partial charge >= 0.3 is 5.97 Å². The lowest BCUT2D eigenvalue weighted by atomic mass is 10.1. The molecule has 0 atom stereocenters. The van der Waals surface area contributed by atoms with Gasteiger partial charge in [0.25, 0.3) is 0 Å². The Morgan fingerprint density at radius 1 is 1.24 bits per heavy atom. The lowest BCUT2D eigenvalue weighted by Gasteiger charge is -2.03. The number of halogens is 1. The van der Waals surface area contributed by atoms with Gasteiger partial charge in [0.1, 0.15) is 11.5 Å². The van der Waals surface area contributed by atoms with Crippen molar-refractivity contribution in [2.75, 3.05) is 6.61 Å². The van der Waals surface area contributed by atoms with E-state index < -0.39 is 5.97 Å². The number of aryl methyl sites for hydroxylation is 1. The zero-order valence-corrected chi connectivity index (χ0v) is 12.9. The first-order chi connectivity index (χ1) is 10.1. The van der Waals surface area contributed by atoms with E-state index in [0.717, 1.165) is 5.76 Å². The fourth-order valence-electron chi connectivity index (χ4n) is 1.64. The average Bonchev–Trinajstić information content (AvgIpc) is 2.89. The monoisotopic (exact) mass is 348 g/mol. The molecule has 0 spiro atoms. The maximum atomic E-state index is 11.9. The normalized spacial score (nSPS) is 10.8. The summed E-state index contributed by atoms with van der Waals surface area (Å²) < 4.78 is 10.9. The standard InChI is InChI=1S/C16H13BrO4/c1-11-6-7-12(21-11)8-9-16(19)20-10-15(18)13-4-2-3-5-14(13)17/h2-9H,10H2,1H3/b9-8+. The molecule has 1 heterocycles. The van der Waals surface area contributed by atoms with Gasteiger partial charge < -0.3 is 9.15 Å². The third-order valence-electron chi connectivity index (χ3n) is 2.66. The van der Waals surface area contributed by atoms with Crippen molar-refractivity contribution in [3.8, 4) is 0 Å². The van der Waals surface area contributed by atoms with Crippen LogP contribution >= 0.6 is 15.9 Å². The molecule has 2 aromatic rings. The Balaban J connectivity index is 1.88. The predicted molar refractivity (Wildman–Crippen MR) is 81.9 cm³/mol. The minimum atomic E-state index is -0.593. The number of Topliss-reactive ketones (excluding diaryl/α,β-unsaturated/α-hetero) is 1. The van der Waals surface area contributed by atoms with Crippen LogP contribution in [0.25, 0.3) is 6.08 Å². The number of carbonyl (C=O) groups is 2. The van der Waals surface area contributed by atoms with Crippen molar-refractivity contribution in [2.24, 2.45) is 0 Å². The second-order valence-electron chi connectivity index (χ2n) is 4.29. The third-order valence-corrected chi connectivity index (χ3v) is 3.36. The smallest absolute Gasteiger partial charge is 0.331 e. The van der Waals surface area contributed by atoms with Crippen LogP contribution in [0.2, 0.25) is 0 Å². The van der Waals surface area contributed by atoms with E-state index in [2.05, 4.69) is 15.9 Å². The van der Waals surface area contributed by atoms with E-state index in [-0.39, 0.29) is 12.4 Å². The van der Waals surface area contributed by atoms with Gasteiger partial charge in [0, 0.05) is 16.1 Å². The largest absolute Gasteiger partial charge is 0.462 e. The number of benzene rings is 1. The molecule has 0 bridgehead atoms. The molecule has 0 aliphatic rings. The van der Waals surface area contributed by atoms with Gasteiger partial charge in [-0.25, -0.2) is 4.79 Å². The Labute approximate surface area is 130 Å². The van der Waals surface area contributed by atoms with E-state index in [1.54, 1.807) is 36.4 Å². The molecular formula is C16H13BrO4. The highest BCUT2D eigenvalue weighted by Gasteiger charge is 2.11. The quantitative estimate of drug-likeness (QED) is 0.468. The SMILES string of the molecule is Cc1ccc(/C=C/C(=O)OCC(=O)c2ccccc2Br)o1. The maximum Gasteiger partial charge on any atom is 0.331 e. The molecule has 1 aromatic heterocycles. The minimum Gasteiger partial charge on any atom is -0.462 e. The fraction of sp³-hybridized carbons (Fsp3) is 0.125. The summed E-state index contributed by atoms with van der Waals surface area (Å²) in [6, 6.07) is 10.5. The van der Waals surface area contributed by atoms with Crippen LogP contribution in [0.15, 0.2) is 51.4 Å². The second-order valence-corrected chi connectivity index (χ2v) is 5.15. The summed E-state index contributed by atoms with van der Waals surface area (Å²) >= 11 is 3.28. The van der Waals surface area contributed by atoms with Crippen molar-refractivity contribution in [1.29, 1.82) is 0 Å². The first-order valence-electron chi connectivity index (χ1n) is 6.25. The van der Waals surface area contributed by atoms with Crippen LogP contribution in [0.1, 0.15) is 21.9 Å². The van der Waals surface area contributed by atoms with Gasteiger partial charge in [-0.1, -0.05) is 34.1 Å². The van der Waals surface area contributed by atoms with Crippen LogP contribution in [-0.2, 0) is 9.53 Å². The second kappa shape index (κ2) is 7.04. The zero-order valence-electron chi connectivity index (χ0n) is 11.3. The molecule has 2 rings (SSSR count). The van der Waals surface area contributed by atoms with Crippen LogP contribution < -0.4 is 0 Å². The van der Waals surface area contributed by atoms with E-state index >= 15 is 0 Å². The molecule has 5 heteroatoms. The molecule has 0 N–H and O–H groups in total. The average molecular weight is 349 g/mol. The van der Waals surface area contributed by atoms with Crippen LogP contribution in [0.4, 0.5) is 0 Å². The highest BCUT2D eigenvalue weighted by Crippen LogP contribution is 2.16. The molecule has 108 valence electrons. The number of hydrogen-bond donors (Lipinski definition) is 0. The van der Waals surface area contributed by atoms with Gasteiger partial charge in [-0.3, -0.25) is 4.79 Å². The number of ketones is 1. The highest BCUT2D eigenvalue weighted by molar-refractivity contribution is 9.10. The Bertz CT molecular complexity index is 685. The van der Waals surface area contributed by atoms with Gasteiger partial charge in [0.05, 0.1) is 0 Å². The zero-order chi connectivity index (χ0) is 15.2. The molecule has 21 heavy (non-hydrogen) atoms. The number of carbonyl (C=O) groups excluding carboxylic acids is 2. The van der Waals surface area contributed by atoms with Gasteiger partial charge in [-0.2, -0.15) is 0 Å². The van der Waals surface area contributed by atoms with Gasteiger partial charge in [0.2, 0.25) is 5.78 Å². The van der Waals surface area contributed by atoms with Crippen molar-refractivity contribution in [3.63, 3.8) is 0 Å². The highest BCUT2D eigenvalue weighted by atomic mass is 79.9. The molecule has 0 saturated carbocycles. The van der Waals surface area contributed by atoms with Crippen molar-refractivity contribution >= 4 is 33.8 Å². The molecule has 0 amide bonds. The first-order valence-corrected chi connectivity index (χ1v) is 7.04. The van der Waals surface area contributed by atoms with Crippen LogP contribution in [-0.4, -0.2) is 18.4 Å². The Morgan fingerprint density at radius 2 is 2.00 bits per heavy atom. The first kappa shape index (κ1) is 15.3. The molecule has 0 saturated heterocycles. The fourth-order valence-corrected chi connectivity index (χ4v) is 2.15. The molecule has 0 aliphatic heterocycles. The summed E-state index contributed by atoms with van der Waals surface area (Å²) in [5, 5.41) is 0. The molecule has 0 unspecified atom stereocenters. The number of hydrogen-bond acceptors (Lipinski definition) is 4.